The monoisotopic (exact) mass is 426 g/mol. The zero-order chi connectivity index (χ0) is 21.8. The third-order valence-corrected chi connectivity index (χ3v) is 5.78. The Morgan fingerprint density at radius 3 is 2.32 bits per heavy atom. The molecule has 0 aliphatic carbocycles. The van der Waals surface area contributed by atoms with Crippen molar-refractivity contribution in [2.24, 2.45) is 7.05 Å². The van der Waals surface area contributed by atoms with Crippen LogP contribution in [0.15, 0.2) is 36.4 Å². The summed E-state index contributed by atoms with van der Waals surface area (Å²) in [5, 5.41) is 3.62. The van der Waals surface area contributed by atoms with E-state index in [4.69, 9.17) is 14.5 Å². The topological polar surface area (TPSA) is 51.5 Å². The summed E-state index contributed by atoms with van der Waals surface area (Å²) in [7, 11) is 2.05. The molecule has 0 atom stereocenters. The van der Waals surface area contributed by atoms with Gasteiger partial charge in [0.2, 0.25) is 11.8 Å². The van der Waals surface area contributed by atoms with Gasteiger partial charge in [0.25, 0.3) is 0 Å². The van der Waals surface area contributed by atoms with Gasteiger partial charge >= 0.3 is 0 Å². The summed E-state index contributed by atoms with van der Waals surface area (Å²) in [6.45, 7) is 7.24. The molecular formula is C24H31FN4O2. The summed E-state index contributed by atoms with van der Waals surface area (Å²) in [6.07, 6.45) is 2.06. The Morgan fingerprint density at radius 2 is 1.71 bits per heavy atom. The largest absolute Gasteiger partial charge is 0.491 e. The van der Waals surface area contributed by atoms with Gasteiger partial charge in [-0.25, -0.2) is 4.98 Å². The molecule has 1 aliphatic rings. The lowest BCUT2D eigenvalue weighted by atomic mass is 10.0. The Hall–Kier alpha value is -2.80. The van der Waals surface area contributed by atoms with E-state index in [-0.39, 0.29) is 11.5 Å². The fourth-order valence-corrected chi connectivity index (χ4v) is 4.19. The third-order valence-electron chi connectivity index (χ3n) is 5.78. The lowest BCUT2D eigenvalue weighted by Gasteiger charge is -2.32. The van der Waals surface area contributed by atoms with Crippen LogP contribution >= 0.6 is 0 Å². The Bertz CT molecular complexity index is 1000. The predicted octanol–water partition coefficient (Wildman–Crippen LogP) is 4.59. The van der Waals surface area contributed by atoms with Crippen LogP contribution in [0.4, 0.5) is 10.3 Å². The highest BCUT2D eigenvalue weighted by Crippen LogP contribution is 2.30. The van der Waals surface area contributed by atoms with Crippen LogP contribution in [0.2, 0.25) is 0 Å². The smallest absolute Gasteiger partial charge is 0.206 e. The Labute approximate surface area is 183 Å². The molecular weight excluding hydrogens is 395 g/mol. The number of likely N-dealkylation sites (tertiary alicyclic amines) is 1. The number of hydrogen-bond donors (Lipinski definition) is 1. The van der Waals surface area contributed by atoms with Crippen molar-refractivity contribution in [1.82, 2.24) is 14.5 Å². The minimum Gasteiger partial charge on any atom is -0.491 e. The van der Waals surface area contributed by atoms with Gasteiger partial charge in [0.05, 0.1) is 24.2 Å². The number of anilines is 1. The number of benzene rings is 2. The summed E-state index contributed by atoms with van der Waals surface area (Å²) in [5.74, 6) is 1.03. The SMILES string of the molecule is CCOc1cc(CN2CCC(Nc3nc4ccccc4n3C)CC2)cc(OCC)c1F. The van der Waals surface area contributed by atoms with Crippen LogP contribution in [-0.4, -0.2) is 46.8 Å². The molecule has 2 aromatic carbocycles. The molecule has 0 amide bonds. The maximum atomic E-state index is 14.5. The molecule has 1 aliphatic heterocycles. The molecule has 1 saturated heterocycles. The van der Waals surface area contributed by atoms with Gasteiger partial charge in [-0.05, 0) is 56.5 Å². The van der Waals surface area contributed by atoms with Crippen molar-refractivity contribution in [2.45, 2.75) is 39.3 Å². The normalized spacial score (nSPS) is 15.4. The molecule has 0 saturated carbocycles. The van der Waals surface area contributed by atoms with E-state index in [1.165, 1.54) is 0 Å². The van der Waals surface area contributed by atoms with Crippen molar-refractivity contribution in [2.75, 3.05) is 31.6 Å². The van der Waals surface area contributed by atoms with Gasteiger partial charge in [0.15, 0.2) is 11.5 Å². The molecule has 31 heavy (non-hydrogen) atoms. The molecule has 1 aromatic heterocycles. The zero-order valence-electron chi connectivity index (χ0n) is 18.5. The van der Waals surface area contributed by atoms with Crippen LogP contribution < -0.4 is 14.8 Å². The van der Waals surface area contributed by atoms with E-state index in [1.807, 2.05) is 39.1 Å². The quantitative estimate of drug-likeness (QED) is 0.571. The highest BCUT2D eigenvalue weighted by molar-refractivity contribution is 5.78. The van der Waals surface area contributed by atoms with Gasteiger partial charge in [-0.15, -0.1) is 0 Å². The number of fused-ring (bicyclic) bond motifs is 1. The highest BCUT2D eigenvalue weighted by Gasteiger charge is 2.22. The van der Waals surface area contributed by atoms with Crippen molar-refractivity contribution in [3.8, 4) is 11.5 Å². The van der Waals surface area contributed by atoms with Crippen LogP contribution in [0, 0.1) is 5.82 Å². The van der Waals surface area contributed by atoms with Gasteiger partial charge in [0, 0.05) is 32.7 Å². The van der Waals surface area contributed by atoms with E-state index >= 15 is 0 Å². The molecule has 0 unspecified atom stereocenters. The number of halogens is 1. The highest BCUT2D eigenvalue weighted by atomic mass is 19.1. The second-order valence-corrected chi connectivity index (χ2v) is 7.95. The number of imidazole rings is 1. The number of piperidine rings is 1. The standard InChI is InChI=1S/C24H31FN4O2/c1-4-30-21-14-17(15-22(23(21)25)31-5-2)16-29-12-10-18(11-13-29)26-24-27-19-8-6-7-9-20(19)28(24)3/h6-9,14-15,18H,4-5,10-13,16H2,1-3H3,(H,26,27). The summed E-state index contributed by atoms with van der Waals surface area (Å²) in [5.41, 5.74) is 3.15. The summed E-state index contributed by atoms with van der Waals surface area (Å²) in [4.78, 5) is 7.13. The van der Waals surface area contributed by atoms with Gasteiger partial charge in [-0.2, -0.15) is 4.39 Å². The van der Waals surface area contributed by atoms with Crippen LogP contribution in [-0.2, 0) is 13.6 Å². The molecule has 1 fully saturated rings. The minimum absolute atomic E-state index is 0.266. The molecule has 6 nitrogen and oxygen atoms in total. The van der Waals surface area contributed by atoms with E-state index in [2.05, 4.69) is 20.9 Å². The van der Waals surface area contributed by atoms with Crippen molar-refractivity contribution >= 4 is 17.0 Å². The van der Waals surface area contributed by atoms with Gasteiger partial charge in [0.1, 0.15) is 0 Å². The van der Waals surface area contributed by atoms with Crippen molar-refractivity contribution < 1.29 is 13.9 Å². The first kappa shape index (κ1) is 21.4. The van der Waals surface area contributed by atoms with E-state index in [9.17, 15) is 4.39 Å². The van der Waals surface area contributed by atoms with Crippen LogP contribution in [0.1, 0.15) is 32.3 Å². The number of aromatic nitrogens is 2. The fraction of sp³-hybridized carbons (Fsp3) is 0.458. The lowest BCUT2D eigenvalue weighted by molar-refractivity contribution is 0.209. The van der Waals surface area contributed by atoms with Crippen LogP contribution in [0.3, 0.4) is 0 Å². The molecule has 0 bridgehead atoms. The number of rotatable bonds is 8. The summed E-state index contributed by atoms with van der Waals surface area (Å²) in [6, 6.07) is 12.2. The van der Waals surface area contributed by atoms with E-state index in [0.29, 0.717) is 19.3 Å². The first-order chi connectivity index (χ1) is 15.1. The number of para-hydroxylation sites is 2. The van der Waals surface area contributed by atoms with Crippen LogP contribution in [0.5, 0.6) is 11.5 Å². The molecule has 0 spiro atoms. The number of nitrogens with one attached hydrogen (secondary N) is 1. The number of nitrogens with zero attached hydrogens (tertiary/aromatic N) is 3. The van der Waals surface area contributed by atoms with Crippen molar-refractivity contribution in [3.63, 3.8) is 0 Å². The van der Waals surface area contributed by atoms with Crippen LogP contribution in [0.25, 0.3) is 11.0 Å². The molecule has 7 heteroatoms. The number of hydrogen-bond acceptors (Lipinski definition) is 5. The van der Waals surface area contributed by atoms with Gasteiger partial charge < -0.3 is 19.4 Å². The summed E-state index contributed by atoms with van der Waals surface area (Å²) < 4.78 is 27.6. The fourth-order valence-electron chi connectivity index (χ4n) is 4.19. The Balaban J connectivity index is 1.38. The number of aryl methyl sites for hydroxylation is 1. The molecule has 1 N–H and O–H groups in total. The first-order valence-electron chi connectivity index (χ1n) is 11.1. The average Bonchev–Trinajstić information content (AvgIpc) is 3.08. The molecule has 3 aromatic rings. The average molecular weight is 427 g/mol. The van der Waals surface area contributed by atoms with E-state index in [0.717, 1.165) is 55.0 Å². The predicted molar refractivity (Wildman–Crippen MR) is 121 cm³/mol. The van der Waals surface area contributed by atoms with Gasteiger partial charge in [-0.3, -0.25) is 4.90 Å². The Kier molecular flexibility index (Phi) is 6.61. The Morgan fingerprint density at radius 1 is 1.06 bits per heavy atom. The second kappa shape index (κ2) is 9.56. The van der Waals surface area contributed by atoms with E-state index < -0.39 is 5.82 Å². The summed E-state index contributed by atoms with van der Waals surface area (Å²) >= 11 is 0. The minimum atomic E-state index is -0.419. The van der Waals surface area contributed by atoms with Gasteiger partial charge in [-0.1, -0.05) is 12.1 Å². The first-order valence-corrected chi connectivity index (χ1v) is 11.1. The number of ether oxygens (including phenoxy) is 2. The molecule has 4 rings (SSSR count). The maximum absolute atomic E-state index is 14.5. The lowest BCUT2D eigenvalue weighted by Crippen LogP contribution is -2.39. The maximum Gasteiger partial charge on any atom is 0.206 e. The van der Waals surface area contributed by atoms with E-state index in [1.54, 1.807) is 12.1 Å². The zero-order valence-corrected chi connectivity index (χ0v) is 18.5. The van der Waals surface area contributed by atoms with Crippen molar-refractivity contribution in [1.29, 1.82) is 0 Å². The molecule has 166 valence electrons. The third kappa shape index (κ3) is 4.77. The molecule has 0 radical (unpaired) electrons. The van der Waals surface area contributed by atoms with Crippen molar-refractivity contribution in [3.05, 3.63) is 47.8 Å². The second-order valence-electron chi connectivity index (χ2n) is 7.95. The molecule has 2 heterocycles.